The Kier molecular flexibility index (Phi) is 3.17. The molecule has 0 aliphatic carbocycles. The number of carbonyl (C=O) groups excluding carboxylic acids is 1. The number of rotatable bonds is 3. The zero-order valence-electron chi connectivity index (χ0n) is 10.1. The number of nitrogens with two attached hydrogens (primary N) is 1. The van der Waals surface area contributed by atoms with Crippen LogP contribution in [0.5, 0.6) is 0 Å². The van der Waals surface area contributed by atoms with Crippen molar-refractivity contribution in [3.63, 3.8) is 0 Å². The highest BCUT2D eigenvalue weighted by atomic mass is 16.3. The molecule has 0 saturated heterocycles. The Bertz CT molecular complexity index is 566. The number of primary amides is 1. The summed E-state index contributed by atoms with van der Waals surface area (Å²) in [5.41, 5.74) is 5.54. The molecule has 0 bridgehead atoms. The fraction of sp³-hybridized carbons (Fsp3) is 0.133. The Labute approximate surface area is 106 Å². The number of aliphatic hydroxyl groups is 1. The minimum Gasteiger partial charge on any atom is -0.372 e. The minimum absolute atomic E-state index is 0.475. The summed E-state index contributed by atoms with van der Waals surface area (Å²) in [6.45, 7) is 1.90. The summed E-state index contributed by atoms with van der Waals surface area (Å²) in [5.74, 6) is -0.778. The van der Waals surface area contributed by atoms with Gasteiger partial charge in [-0.2, -0.15) is 0 Å². The third kappa shape index (κ3) is 2.00. The number of aryl methyl sites for hydroxylation is 1. The van der Waals surface area contributed by atoms with Gasteiger partial charge in [-0.25, -0.2) is 0 Å². The quantitative estimate of drug-likeness (QED) is 0.859. The number of carbonyl (C=O) groups is 1. The second-order valence-corrected chi connectivity index (χ2v) is 4.31. The zero-order valence-corrected chi connectivity index (χ0v) is 10.1. The summed E-state index contributed by atoms with van der Waals surface area (Å²) >= 11 is 0. The average molecular weight is 241 g/mol. The first-order valence-electron chi connectivity index (χ1n) is 5.70. The van der Waals surface area contributed by atoms with E-state index in [1.165, 1.54) is 0 Å². The molecule has 2 rings (SSSR count). The molecule has 2 aromatic rings. The molecule has 2 aromatic carbocycles. The van der Waals surface area contributed by atoms with Crippen LogP contribution in [-0.2, 0) is 10.4 Å². The van der Waals surface area contributed by atoms with Crippen LogP contribution in [0.4, 0.5) is 0 Å². The van der Waals surface area contributed by atoms with Crippen LogP contribution in [0.25, 0.3) is 0 Å². The van der Waals surface area contributed by atoms with E-state index in [2.05, 4.69) is 0 Å². The Morgan fingerprint density at radius 1 is 1.06 bits per heavy atom. The van der Waals surface area contributed by atoms with Gasteiger partial charge >= 0.3 is 0 Å². The van der Waals surface area contributed by atoms with Crippen molar-refractivity contribution in [2.24, 2.45) is 5.73 Å². The van der Waals surface area contributed by atoms with Gasteiger partial charge in [0.2, 0.25) is 0 Å². The Morgan fingerprint density at radius 3 is 2.22 bits per heavy atom. The van der Waals surface area contributed by atoms with Crippen LogP contribution in [0.3, 0.4) is 0 Å². The van der Waals surface area contributed by atoms with E-state index in [9.17, 15) is 9.90 Å². The number of benzene rings is 2. The van der Waals surface area contributed by atoms with Crippen LogP contribution in [0, 0.1) is 6.92 Å². The topological polar surface area (TPSA) is 63.3 Å². The van der Waals surface area contributed by atoms with Crippen molar-refractivity contribution in [2.45, 2.75) is 12.5 Å². The predicted molar refractivity (Wildman–Crippen MR) is 69.8 cm³/mol. The molecule has 0 saturated carbocycles. The van der Waals surface area contributed by atoms with E-state index in [1.807, 2.05) is 19.1 Å². The van der Waals surface area contributed by atoms with Crippen LogP contribution in [0.15, 0.2) is 54.6 Å². The second-order valence-electron chi connectivity index (χ2n) is 4.31. The van der Waals surface area contributed by atoms with Crippen LogP contribution in [0.1, 0.15) is 16.7 Å². The summed E-state index contributed by atoms with van der Waals surface area (Å²) in [6.07, 6.45) is 0. The number of amides is 1. The molecule has 3 nitrogen and oxygen atoms in total. The molecule has 18 heavy (non-hydrogen) atoms. The molecule has 3 heteroatoms. The normalized spacial score (nSPS) is 13.9. The van der Waals surface area contributed by atoms with E-state index < -0.39 is 11.5 Å². The minimum atomic E-state index is -1.78. The van der Waals surface area contributed by atoms with Crippen LogP contribution in [0.2, 0.25) is 0 Å². The lowest BCUT2D eigenvalue weighted by molar-refractivity contribution is -0.133. The van der Waals surface area contributed by atoms with Gasteiger partial charge in [0.1, 0.15) is 0 Å². The molecule has 0 fully saturated rings. The molecule has 1 amide bonds. The van der Waals surface area contributed by atoms with Crippen molar-refractivity contribution in [3.05, 3.63) is 71.3 Å². The molecule has 0 aromatic heterocycles. The van der Waals surface area contributed by atoms with Crippen molar-refractivity contribution < 1.29 is 9.90 Å². The zero-order chi connectivity index (χ0) is 13.2. The lowest BCUT2D eigenvalue weighted by Crippen LogP contribution is -2.42. The van der Waals surface area contributed by atoms with Gasteiger partial charge in [-0.1, -0.05) is 60.2 Å². The summed E-state index contributed by atoms with van der Waals surface area (Å²) in [7, 11) is 0. The number of hydrogen-bond acceptors (Lipinski definition) is 2. The molecule has 1 atom stereocenters. The highest BCUT2D eigenvalue weighted by Gasteiger charge is 2.37. The summed E-state index contributed by atoms with van der Waals surface area (Å²) < 4.78 is 0. The molecule has 92 valence electrons. The largest absolute Gasteiger partial charge is 0.372 e. The van der Waals surface area contributed by atoms with Gasteiger partial charge in [0.05, 0.1) is 0 Å². The molecule has 0 aliphatic heterocycles. The molecule has 1 unspecified atom stereocenters. The first kappa shape index (κ1) is 12.3. The smallest absolute Gasteiger partial charge is 0.258 e. The van der Waals surface area contributed by atoms with Crippen molar-refractivity contribution >= 4 is 5.91 Å². The van der Waals surface area contributed by atoms with Crippen LogP contribution < -0.4 is 5.73 Å². The van der Waals surface area contributed by atoms with E-state index in [4.69, 9.17) is 5.73 Å². The van der Waals surface area contributed by atoms with Crippen molar-refractivity contribution in [3.8, 4) is 0 Å². The summed E-state index contributed by atoms with van der Waals surface area (Å²) in [6, 6.07) is 15.9. The second kappa shape index (κ2) is 4.63. The third-order valence-corrected chi connectivity index (χ3v) is 2.98. The van der Waals surface area contributed by atoms with E-state index in [0.29, 0.717) is 11.1 Å². The fourth-order valence-corrected chi connectivity index (χ4v) is 2.00. The van der Waals surface area contributed by atoms with Gasteiger partial charge in [0, 0.05) is 0 Å². The summed E-state index contributed by atoms with van der Waals surface area (Å²) in [4.78, 5) is 11.7. The molecule has 3 N–H and O–H groups in total. The van der Waals surface area contributed by atoms with Gasteiger partial charge in [-0.3, -0.25) is 4.79 Å². The molecule has 0 heterocycles. The Balaban J connectivity index is 2.62. The molecular weight excluding hydrogens is 226 g/mol. The lowest BCUT2D eigenvalue weighted by Gasteiger charge is -2.26. The third-order valence-electron chi connectivity index (χ3n) is 2.98. The van der Waals surface area contributed by atoms with Crippen molar-refractivity contribution in [1.82, 2.24) is 0 Å². The maximum atomic E-state index is 11.7. The highest BCUT2D eigenvalue weighted by Crippen LogP contribution is 2.29. The standard InChI is InChI=1S/C15H15NO2/c1-11-6-5-9-13(10-11)15(18,14(16)17)12-7-3-2-4-8-12/h2-10,18H,1H3,(H2,16,17). The van der Waals surface area contributed by atoms with Gasteiger partial charge in [0.25, 0.3) is 5.91 Å². The Morgan fingerprint density at radius 2 is 1.67 bits per heavy atom. The lowest BCUT2D eigenvalue weighted by atomic mass is 9.85. The summed E-state index contributed by atoms with van der Waals surface area (Å²) in [5, 5.41) is 10.7. The van der Waals surface area contributed by atoms with E-state index in [0.717, 1.165) is 5.56 Å². The maximum Gasteiger partial charge on any atom is 0.258 e. The SMILES string of the molecule is Cc1cccc(C(O)(C(N)=O)c2ccccc2)c1. The van der Waals surface area contributed by atoms with Gasteiger partial charge in [-0.05, 0) is 18.1 Å². The van der Waals surface area contributed by atoms with E-state index in [1.54, 1.807) is 42.5 Å². The van der Waals surface area contributed by atoms with E-state index in [-0.39, 0.29) is 0 Å². The molecule has 0 aliphatic rings. The number of hydrogen-bond donors (Lipinski definition) is 2. The van der Waals surface area contributed by atoms with Crippen LogP contribution >= 0.6 is 0 Å². The average Bonchev–Trinajstić information content (AvgIpc) is 2.38. The van der Waals surface area contributed by atoms with E-state index >= 15 is 0 Å². The molecular formula is C15H15NO2. The first-order chi connectivity index (χ1) is 8.55. The van der Waals surface area contributed by atoms with Crippen molar-refractivity contribution in [1.29, 1.82) is 0 Å². The molecule has 0 spiro atoms. The molecule has 0 radical (unpaired) electrons. The first-order valence-corrected chi connectivity index (χ1v) is 5.70. The predicted octanol–water partition coefficient (Wildman–Crippen LogP) is 1.72. The monoisotopic (exact) mass is 241 g/mol. The van der Waals surface area contributed by atoms with Gasteiger partial charge in [-0.15, -0.1) is 0 Å². The van der Waals surface area contributed by atoms with Crippen LogP contribution in [-0.4, -0.2) is 11.0 Å². The van der Waals surface area contributed by atoms with Gasteiger partial charge < -0.3 is 10.8 Å². The fourth-order valence-electron chi connectivity index (χ4n) is 2.00. The van der Waals surface area contributed by atoms with Gasteiger partial charge in [0.15, 0.2) is 5.60 Å². The van der Waals surface area contributed by atoms with Crippen molar-refractivity contribution in [2.75, 3.05) is 0 Å². The Hall–Kier alpha value is -2.13. The highest BCUT2D eigenvalue weighted by molar-refractivity contribution is 5.88. The maximum absolute atomic E-state index is 11.7.